The smallest absolute Gasteiger partial charge is 0.223 e. The lowest BCUT2D eigenvalue weighted by Gasteiger charge is -2.16. The molecule has 0 saturated carbocycles. The molecule has 1 aromatic rings. The number of nitrogens with one attached hydrogen (secondary N) is 2. The topological polar surface area (TPSA) is 59.6 Å². The highest BCUT2D eigenvalue weighted by Crippen LogP contribution is 2.30. The van der Waals surface area contributed by atoms with E-state index in [1.165, 1.54) is 0 Å². The van der Waals surface area contributed by atoms with E-state index in [0.717, 1.165) is 12.1 Å². The van der Waals surface area contributed by atoms with Crippen molar-refractivity contribution in [1.82, 2.24) is 10.6 Å². The van der Waals surface area contributed by atoms with Crippen LogP contribution in [0.15, 0.2) is 18.2 Å². The molecular weight excluding hydrogens is 268 g/mol. The van der Waals surface area contributed by atoms with Crippen molar-refractivity contribution >= 4 is 5.91 Å². The van der Waals surface area contributed by atoms with Gasteiger partial charge in [0, 0.05) is 12.6 Å². The molecule has 0 fully saturated rings. The number of carbonyl (C=O) groups is 1. The number of methoxy groups -OCH3 is 1. The fraction of sp³-hybridized carbons (Fsp3) is 0.562. The van der Waals surface area contributed by atoms with E-state index >= 15 is 0 Å². The third kappa shape index (κ3) is 5.63. The van der Waals surface area contributed by atoms with Crippen molar-refractivity contribution in [3.05, 3.63) is 23.8 Å². The van der Waals surface area contributed by atoms with Gasteiger partial charge in [-0.05, 0) is 38.1 Å². The number of hydrogen-bond acceptors (Lipinski definition) is 4. The van der Waals surface area contributed by atoms with Crippen molar-refractivity contribution in [3.8, 4) is 11.5 Å². The summed E-state index contributed by atoms with van der Waals surface area (Å²) in [6.07, 6.45) is 0.340. The van der Waals surface area contributed by atoms with Crippen LogP contribution in [0.4, 0.5) is 0 Å². The molecule has 1 unspecified atom stereocenters. The summed E-state index contributed by atoms with van der Waals surface area (Å²) in [5.41, 5.74) is 1.14. The van der Waals surface area contributed by atoms with Crippen LogP contribution in [0.25, 0.3) is 0 Å². The highest BCUT2D eigenvalue weighted by molar-refractivity contribution is 5.75. The first-order chi connectivity index (χ1) is 10.1. The number of amides is 1. The van der Waals surface area contributed by atoms with E-state index in [4.69, 9.17) is 9.47 Å². The lowest BCUT2D eigenvalue weighted by Crippen LogP contribution is -2.24. The minimum atomic E-state index is -0.00569. The van der Waals surface area contributed by atoms with Crippen LogP contribution < -0.4 is 20.1 Å². The maximum atomic E-state index is 11.4. The van der Waals surface area contributed by atoms with E-state index in [-0.39, 0.29) is 11.9 Å². The van der Waals surface area contributed by atoms with E-state index in [9.17, 15) is 4.79 Å². The Morgan fingerprint density at radius 1 is 1.24 bits per heavy atom. The molecule has 0 spiro atoms. The quantitative estimate of drug-likeness (QED) is 0.733. The molecule has 21 heavy (non-hydrogen) atoms. The SMILES string of the molecule is CCNC(=O)CCOc1ccc(C(C)NCC)cc1OC. The first-order valence-corrected chi connectivity index (χ1v) is 7.43. The Balaban J connectivity index is 2.64. The molecule has 0 aliphatic heterocycles. The van der Waals surface area contributed by atoms with Gasteiger partial charge in [-0.3, -0.25) is 4.79 Å². The summed E-state index contributed by atoms with van der Waals surface area (Å²) in [4.78, 5) is 11.4. The predicted octanol–water partition coefficient (Wildman–Crippen LogP) is 2.27. The molecule has 5 heteroatoms. The van der Waals surface area contributed by atoms with E-state index in [0.29, 0.717) is 31.1 Å². The van der Waals surface area contributed by atoms with Crippen molar-refractivity contribution in [2.75, 3.05) is 26.8 Å². The second-order valence-corrected chi connectivity index (χ2v) is 4.74. The zero-order valence-electron chi connectivity index (χ0n) is 13.4. The fourth-order valence-electron chi connectivity index (χ4n) is 2.04. The molecule has 0 aliphatic carbocycles. The molecule has 1 rings (SSSR count). The highest BCUT2D eigenvalue weighted by atomic mass is 16.5. The van der Waals surface area contributed by atoms with Gasteiger partial charge in [0.15, 0.2) is 11.5 Å². The van der Waals surface area contributed by atoms with Crippen LogP contribution in [0.5, 0.6) is 11.5 Å². The third-order valence-corrected chi connectivity index (χ3v) is 3.16. The van der Waals surface area contributed by atoms with Crippen molar-refractivity contribution in [3.63, 3.8) is 0 Å². The second kappa shape index (κ2) is 9.23. The molecule has 118 valence electrons. The zero-order chi connectivity index (χ0) is 15.7. The average molecular weight is 294 g/mol. The third-order valence-electron chi connectivity index (χ3n) is 3.16. The number of carbonyl (C=O) groups excluding carboxylic acids is 1. The van der Waals surface area contributed by atoms with Gasteiger partial charge in [-0.25, -0.2) is 0 Å². The molecular formula is C16H26N2O3. The van der Waals surface area contributed by atoms with Crippen LogP contribution in [-0.2, 0) is 4.79 Å². The molecule has 1 atom stereocenters. The average Bonchev–Trinajstić information content (AvgIpc) is 2.48. The van der Waals surface area contributed by atoms with Crippen molar-refractivity contribution in [2.24, 2.45) is 0 Å². The molecule has 0 radical (unpaired) electrons. The van der Waals surface area contributed by atoms with Gasteiger partial charge in [-0.2, -0.15) is 0 Å². The summed E-state index contributed by atoms with van der Waals surface area (Å²) >= 11 is 0. The van der Waals surface area contributed by atoms with Crippen molar-refractivity contribution in [2.45, 2.75) is 33.2 Å². The van der Waals surface area contributed by atoms with Crippen LogP contribution in [0.1, 0.15) is 38.8 Å². The normalized spacial score (nSPS) is 11.8. The lowest BCUT2D eigenvalue weighted by molar-refractivity contribution is -0.121. The number of hydrogen-bond donors (Lipinski definition) is 2. The summed E-state index contributed by atoms with van der Waals surface area (Å²) < 4.78 is 11.0. The van der Waals surface area contributed by atoms with Gasteiger partial charge in [0.05, 0.1) is 20.1 Å². The maximum absolute atomic E-state index is 11.4. The summed E-state index contributed by atoms with van der Waals surface area (Å²) in [5.74, 6) is 1.34. The first-order valence-electron chi connectivity index (χ1n) is 7.43. The van der Waals surface area contributed by atoms with Gasteiger partial charge in [-0.15, -0.1) is 0 Å². The Morgan fingerprint density at radius 3 is 2.62 bits per heavy atom. The molecule has 1 aromatic carbocycles. The van der Waals surface area contributed by atoms with E-state index in [1.807, 2.05) is 25.1 Å². The summed E-state index contributed by atoms with van der Waals surface area (Å²) in [5, 5.41) is 6.10. The molecule has 0 heterocycles. The minimum absolute atomic E-state index is 0.00569. The minimum Gasteiger partial charge on any atom is -0.493 e. The molecule has 2 N–H and O–H groups in total. The maximum Gasteiger partial charge on any atom is 0.223 e. The Labute approximate surface area is 127 Å². The fourth-order valence-corrected chi connectivity index (χ4v) is 2.04. The number of rotatable bonds is 9. The molecule has 0 bridgehead atoms. The van der Waals surface area contributed by atoms with Gasteiger partial charge in [0.2, 0.25) is 5.91 Å². The predicted molar refractivity (Wildman–Crippen MR) is 83.9 cm³/mol. The molecule has 0 aliphatic rings. The van der Waals surface area contributed by atoms with Crippen LogP contribution in [0, 0.1) is 0 Å². The van der Waals surface area contributed by atoms with Crippen molar-refractivity contribution < 1.29 is 14.3 Å². The highest BCUT2D eigenvalue weighted by Gasteiger charge is 2.10. The van der Waals surface area contributed by atoms with Gasteiger partial charge >= 0.3 is 0 Å². The monoisotopic (exact) mass is 294 g/mol. The molecule has 0 aromatic heterocycles. The Kier molecular flexibility index (Phi) is 7.61. The van der Waals surface area contributed by atoms with Crippen LogP contribution in [-0.4, -0.2) is 32.7 Å². The lowest BCUT2D eigenvalue weighted by atomic mass is 10.1. The molecule has 1 amide bonds. The standard InChI is InChI=1S/C16H26N2O3/c1-5-17-12(3)13-7-8-14(15(11-13)20-4)21-10-9-16(19)18-6-2/h7-8,11-12,17H,5-6,9-10H2,1-4H3,(H,18,19). The second-order valence-electron chi connectivity index (χ2n) is 4.74. The van der Waals surface area contributed by atoms with Crippen LogP contribution >= 0.6 is 0 Å². The number of ether oxygens (including phenoxy) is 2. The van der Waals surface area contributed by atoms with Crippen LogP contribution in [0.3, 0.4) is 0 Å². The van der Waals surface area contributed by atoms with E-state index < -0.39 is 0 Å². The summed E-state index contributed by atoms with van der Waals surface area (Å²) in [6.45, 7) is 7.96. The Hall–Kier alpha value is -1.75. The summed E-state index contributed by atoms with van der Waals surface area (Å²) in [6, 6.07) is 6.12. The largest absolute Gasteiger partial charge is 0.493 e. The van der Waals surface area contributed by atoms with Gasteiger partial charge in [0.25, 0.3) is 0 Å². The number of benzene rings is 1. The van der Waals surface area contributed by atoms with Crippen molar-refractivity contribution in [1.29, 1.82) is 0 Å². The molecule has 5 nitrogen and oxygen atoms in total. The van der Waals surface area contributed by atoms with E-state index in [1.54, 1.807) is 7.11 Å². The van der Waals surface area contributed by atoms with Gasteiger partial charge < -0.3 is 20.1 Å². The van der Waals surface area contributed by atoms with Gasteiger partial charge in [0.1, 0.15) is 0 Å². The zero-order valence-corrected chi connectivity index (χ0v) is 13.4. The Bertz CT molecular complexity index is 449. The van der Waals surface area contributed by atoms with E-state index in [2.05, 4.69) is 24.5 Å². The first kappa shape index (κ1) is 17.3. The summed E-state index contributed by atoms with van der Waals surface area (Å²) in [7, 11) is 1.62. The molecule has 0 saturated heterocycles. The Morgan fingerprint density at radius 2 is 2.00 bits per heavy atom. The van der Waals surface area contributed by atoms with Crippen LogP contribution in [0.2, 0.25) is 0 Å². The van der Waals surface area contributed by atoms with Gasteiger partial charge in [-0.1, -0.05) is 13.0 Å².